The number of benzene rings is 3. The molecular formula is C23H13F3O8. The van der Waals surface area contributed by atoms with Gasteiger partial charge in [-0.25, -0.2) is 19.2 Å². The molecule has 3 rings (SSSR count). The van der Waals surface area contributed by atoms with Crippen LogP contribution in [0.1, 0.15) is 47.0 Å². The topological polar surface area (TPSA) is 149 Å². The molecule has 8 nitrogen and oxygen atoms in total. The fourth-order valence-electron chi connectivity index (χ4n) is 3.47. The first-order valence-corrected chi connectivity index (χ1v) is 9.25. The van der Waals surface area contributed by atoms with Gasteiger partial charge in [-0.1, -0.05) is 24.3 Å². The third-order valence-corrected chi connectivity index (χ3v) is 4.92. The van der Waals surface area contributed by atoms with Crippen LogP contribution in [0.2, 0.25) is 0 Å². The third-order valence-electron chi connectivity index (χ3n) is 4.92. The Bertz CT molecular complexity index is 1360. The predicted molar refractivity (Wildman–Crippen MR) is 110 cm³/mol. The third kappa shape index (κ3) is 4.44. The van der Waals surface area contributed by atoms with E-state index in [1.165, 1.54) is 0 Å². The van der Waals surface area contributed by atoms with E-state index in [4.69, 9.17) is 0 Å². The highest BCUT2D eigenvalue weighted by molar-refractivity contribution is 6.10. The standard InChI is InChI=1S/C23H13F3O8/c24-23(25,26)12-3-1-2-11(8-12)17-13(6-7-15(20(29)30)18(17)22(33)34)10-4-5-14(19(27)28)16(9-10)21(31)32/h1-9H,(H,27,28)(H,29,30)(H,31,32)(H,33,34). The number of hydrogen-bond donors (Lipinski definition) is 4. The highest BCUT2D eigenvalue weighted by atomic mass is 19.4. The Morgan fingerprint density at radius 3 is 1.74 bits per heavy atom. The summed E-state index contributed by atoms with van der Waals surface area (Å²) in [7, 11) is 0. The summed E-state index contributed by atoms with van der Waals surface area (Å²) in [5.41, 5.74) is -4.72. The molecule has 0 unspecified atom stereocenters. The number of halogens is 3. The van der Waals surface area contributed by atoms with Gasteiger partial charge in [0.15, 0.2) is 0 Å². The summed E-state index contributed by atoms with van der Waals surface area (Å²) in [6.45, 7) is 0. The predicted octanol–water partition coefficient (Wildman–Crippen LogP) is 4.83. The first-order chi connectivity index (χ1) is 15.8. The second kappa shape index (κ2) is 8.70. The monoisotopic (exact) mass is 474 g/mol. The summed E-state index contributed by atoms with van der Waals surface area (Å²) in [6, 6.07) is 8.60. The van der Waals surface area contributed by atoms with Crippen molar-refractivity contribution in [3.05, 3.63) is 82.4 Å². The van der Waals surface area contributed by atoms with Crippen LogP contribution in [-0.4, -0.2) is 44.3 Å². The molecule has 11 heteroatoms. The van der Waals surface area contributed by atoms with E-state index in [9.17, 15) is 52.8 Å². The minimum Gasteiger partial charge on any atom is -0.478 e. The van der Waals surface area contributed by atoms with Crippen LogP contribution in [0.5, 0.6) is 0 Å². The SMILES string of the molecule is O=C(O)c1ccc(-c2ccc(C(=O)O)c(C(=O)O)c2-c2cccc(C(F)(F)F)c2)cc1C(=O)O. The molecule has 0 radical (unpaired) electrons. The summed E-state index contributed by atoms with van der Waals surface area (Å²) in [5.74, 6) is -6.55. The van der Waals surface area contributed by atoms with E-state index in [0.717, 1.165) is 48.5 Å². The first kappa shape index (κ1) is 24.0. The van der Waals surface area contributed by atoms with E-state index in [2.05, 4.69) is 0 Å². The number of carboxylic acid groups (broad SMARTS) is 4. The second-order valence-electron chi connectivity index (χ2n) is 6.97. The smallest absolute Gasteiger partial charge is 0.416 e. The van der Waals surface area contributed by atoms with Crippen molar-refractivity contribution in [2.24, 2.45) is 0 Å². The van der Waals surface area contributed by atoms with Crippen LogP contribution >= 0.6 is 0 Å². The van der Waals surface area contributed by atoms with Crippen LogP contribution in [-0.2, 0) is 6.18 Å². The van der Waals surface area contributed by atoms with Gasteiger partial charge < -0.3 is 20.4 Å². The molecule has 0 aliphatic carbocycles. The van der Waals surface area contributed by atoms with Crippen molar-refractivity contribution in [2.75, 3.05) is 0 Å². The van der Waals surface area contributed by atoms with Crippen LogP contribution < -0.4 is 0 Å². The number of rotatable bonds is 6. The van der Waals surface area contributed by atoms with E-state index < -0.39 is 63.4 Å². The Morgan fingerprint density at radius 2 is 1.21 bits per heavy atom. The number of hydrogen-bond acceptors (Lipinski definition) is 4. The van der Waals surface area contributed by atoms with Gasteiger partial charge in [0.1, 0.15) is 0 Å². The molecule has 0 aromatic heterocycles. The Labute approximate surface area is 188 Å². The minimum absolute atomic E-state index is 0.0470. The zero-order chi connectivity index (χ0) is 25.4. The molecule has 3 aromatic rings. The lowest BCUT2D eigenvalue weighted by Gasteiger charge is -2.17. The molecule has 174 valence electrons. The fourth-order valence-corrected chi connectivity index (χ4v) is 3.47. The fraction of sp³-hybridized carbons (Fsp3) is 0.0435. The zero-order valence-corrected chi connectivity index (χ0v) is 16.8. The van der Waals surface area contributed by atoms with Gasteiger partial charge in [0, 0.05) is 5.56 Å². The molecule has 4 N–H and O–H groups in total. The lowest BCUT2D eigenvalue weighted by atomic mass is 9.86. The molecule has 0 aliphatic heterocycles. The second-order valence-corrected chi connectivity index (χ2v) is 6.97. The molecule has 0 heterocycles. The van der Waals surface area contributed by atoms with Gasteiger partial charge in [-0.3, -0.25) is 0 Å². The Balaban J connectivity index is 2.45. The van der Waals surface area contributed by atoms with Gasteiger partial charge >= 0.3 is 30.1 Å². The quantitative estimate of drug-likeness (QED) is 0.397. The van der Waals surface area contributed by atoms with Crippen molar-refractivity contribution in [1.29, 1.82) is 0 Å². The molecule has 0 amide bonds. The van der Waals surface area contributed by atoms with Gasteiger partial charge in [0.05, 0.1) is 27.8 Å². The van der Waals surface area contributed by atoms with Crippen LogP contribution in [0, 0.1) is 0 Å². The Morgan fingerprint density at radius 1 is 0.618 bits per heavy atom. The molecule has 3 aromatic carbocycles. The van der Waals surface area contributed by atoms with Crippen molar-refractivity contribution in [2.45, 2.75) is 6.18 Å². The van der Waals surface area contributed by atoms with Gasteiger partial charge in [-0.15, -0.1) is 0 Å². The molecule has 0 atom stereocenters. The van der Waals surface area contributed by atoms with E-state index in [0.29, 0.717) is 6.07 Å². The Kier molecular flexibility index (Phi) is 6.13. The molecule has 0 saturated carbocycles. The number of aromatic carboxylic acids is 4. The van der Waals surface area contributed by atoms with E-state index in [1.807, 2.05) is 0 Å². The maximum Gasteiger partial charge on any atom is 0.416 e. The van der Waals surface area contributed by atoms with Crippen molar-refractivity contribution >= 4 is 23.9 Å². The zero-order valence-electron chi connectivity index (χ0n) is 16.8. The number of carboxylic acids is 4. The van der Waals surface area contributed by atoms with Crippen LogP contribution in [0.25, 0.3) is 22.3 Å². The van der Waals surface area contributed by atoms with Gasteiger partial charge in [0.25, 0.3) is 0 Å². The average Bonchev–Trinajstić information content (AvgIpc) is 2.76. The van der Waals surface area contributed by atoms with Crippen LogP contribution in [0.3, 0.4) is 0 Å². The van der Waals surface area contributed by atoms with Gasteiger partial charge in [-0.05, 0) is 47.0 Å². The van der Waals surface area contributed by atoms with Crippen LogP contribution in [0.4, 0.5) is 13.2 Å². The van der Waals surface area contributed by atoms with Gasteiger partial charge in [0.2, 0.25) is 0 Å². The lowest BCUT2D eigenvalue weighted by Crippen LogP contribution is -2.12. The first-order valence-electron chi connectivity index (χ1n) is 9.25. The van der Waals surface area contributed by atoms with E-state index in [-0.39, 0.29) is 16.7 Å². The molecule has 0 aliphatic rings. The van der Waals surface area contributed by atoms with E-state index >= 15 is 0 Å². The number of carbonyl (C=O) groups is 4. The van der Waals surface area contributed by atoms with Crippen molar-refractivity contribution in [3.63, 3.8) is 0 Å². The molecule has 34 heavy (non-hydrogen) atoms. The maximum atomic E-state index is 13.3. The van der Waals surface area contributed by atoms with E-state index in [1.54, 1.807) is 0 Å². The summed E-state index contributed by atoms with van der Waals surface area (Å²) in [5, 5.41) is 37.8. The highest BCUT2D eigenvalue weighted by Gasteiger charge is 2.32. The highest BCUT2D eigenvalue weighted by Crippen LogP contribution is 2.40. The summed E-state index contributed by atoms with van der Waals surface area (Å²) >= 11 is 0. The molecular weight excluding hydrogens is 461 g/mol. The maximum absolute atomic E-state index is 13.3. The van der Waals surface area contributed by atoms with Crippen LogP contribution in [0.15, 0.2) is 54.6 Å². The average molecular weight is 474 g/mol. The summed E-state index contributed by atoms with van der Waals surface area (Å²) < 4.78 is 39.9. The molecule has 0 spiro atoms. The summed E-state index contributed by atoms with van der Waals surface area (Å²) in [4.78, 5) is 46.6. The minimum atomic E-state index is -4.79. The Hall–Kier alpha value is -4.67. The lowest BCUT2D eigenvalue weighted by molar-refractivity contribution is -0.137. The number of alkyl halides is 3. The van der Waals surface area contributed by atoms with Crippen molar-refractivity contribution in [3.8, 4) is 22.3 Å². The largest absolute Gasteiger partial charge is 0.478 e. The van der Waals surface area contributed by atoms with Gasteiger partial charge in [-0.2, -0.15) is 13.2 Å². The normalized spacial score (nSPS) is 11.1. The molecule has 0 fully saturated rings. The molecule has 0 saturated heterocycles. The van der Waals surface area contributed by atoms with Crippen molar-refractivity contribution < 1.29 is 52.8 Å². The van der Waals surface area contributed by atoms with Crippen molar-refractivity contribution in [1.82, 2.24) is 0 Å². The molecule has 0 bridgehead atoms. The summed E-state index contributed by atoms with van der Waals surface area (Å²) in [6.07, 6.45) is -4.79.